The Bertz CT molecular complexity index is 1050. The summed E-state index contributed by atoms with van der Waals surface area (Å²) in [4.78, 5) is 12.7. The Kier molecular flexibility index (Phi) is 8.20. The van der Waals surface area contributed by atoms with Crippen molar-refractivity contribution >= 4 is 5.78 Å². The number of carbonyl (C=O) groups is 1. The van der Waals surface area contributed by atoms with Crippen LogP contribution in [0.15, 0.2) is 12.2 Å². The van der Waals surface area contributed by atoms with Gasteiger partial charge in [-0.05, 0) is 80.1 Å². The Morgan fingerprint density at radius 3 is 1.05 bits per heavy atom. The van der Waals surface area contributed by atoms with Crippen LogP contribution in [0.2, 0.25) is 0 Å². The number of fused-ring (bicyclic) bond motifs is 20. The summed E-state index contributed by atoms with van der Waals surface area (Å²) < 4.78 is 0. The first-order valence-corrected chi connectivity index (χ1v) is 17.5. The molecule has 0 aromatic heterocycles. The summed E-state index contributed by atoms with van der Waals surface area (Å²) in [5.41, 5.74) is 0. The van der Waals surface area contributed by atoms with E-state index in [0.29, 0.717) is 78.7 Å². The third kappa shape index (κ3) is 4.94. The van der Waals surface area contributed by atoms with E-state index in [1.807, 2.05) is 6.08 Å². The summed E-state index contributed by atoms with van der Waals surface area (Å²) in [6.45, 7) is 0. The second-order valence-corrected chi connectivity index (χ2v) is 15.3. The zero-order valence-electron chi connectivity index (χ0n) is 25.2. The van der Waals surface area contributed by atoms with Crippen LogP contribution in [0.5, 0.6) is 0 Å². The van der Waals surface area contributed by atoms with Crippen molar-refractivity contribution in [1.29, 1.82) is 0 Å². The monoisotopic (exact) mass is 628 g/mol. The fourth-order valence-corrected chi connectivity index (χ4v) is 11.4. The molecule has 0 radical (unpaired) electrons. The first-order chi connectivity index (χ1) is 20.2. The Hall–Kier alpha value is -0.287. The molecule has 5 aliphatic heterocycles. The molecule has 0 aromatic rings. The van der Waals surface area contributed by atoms with E-state index in [2.05, 4.69) is 48.6 Å². The fourth-order valence-electron chi connectivity index (χ4n) is 11.4. The minimum Gasteiger partial charge on any atom is -0.295 e. The summed E-state index contributed by atoms with van der Waals surface area (Å²) in [7, 11) is 0. The van der Waals surface area contributed by atoms with Crippen molar-refractivity contribution in [1.82, 2.24) is 42.5 Å². The molecule has 0 aromatic carbocycles. The van der Waals surface area contributed by atoms with Gasteiger partial charge in [-0.15, -0.1) is 0 Å². The third-order valence-corrected chi connectivity index (χ3v) is 13.3. The average Bonchev–Trinajstić information content (AvgIpc) is 3.72. The van der Waals surface area contributed by atoms with Gasteiger partial charge in [-0.1, -0.05) is 44.6 Å². The van der Waals surface area contributed by atoms with Gasteiger partial charge in [0, 0.05) is 37.7 Å². The molecule has 0 amide bonds. The number of rotatable bonds is 0. The SMILES string of the molecule is O=C1C=CC2C3NC(NC4NC(NC5NC(NC6NC(N3)C3CCCCC63)C3CCCCC53)C3CCCCC43)C2C1.[Zn]. The molecule has 16 atom stereocenters. The van der Waals surface area contributed by atoms with E-state index in [0.717, 1.165) is 0 Å². The van der Waals surface area contributed by atoms with E-state index < -0.39 is 0 Å². The average molecular weight is 630 g/mol. The van der Waals surface area contributed by atoms with Crippen molar-refractivity contribution in [3.05, 3.63) is 12.2 Å². The number of carbonyl (C=O) groups excluding carboxylic acids is 1. The van der Waals surface area contributed by atoms with Crippen LogP contribution in [0.1, 0.15) is 83.5 Å². The van der Waals surface area contributed by atoms with Gasteiger partial charge in [0.15, 0.2) is 5.78 Å². The van der Waals surface area contributed by atoms with Gasteiger partial charge in [0.25, 0.3) is 0 Å². The number of ketones is 1. The molecule has 228 valence electrons. The molecular weight excluding hydrogens is 578 g/mol. The van der Waals surface area contributed by atoms with Crippen molar-refractivity contribution in [2.24, 2.45) is 47.3 Å². The molecule has 42 heavy (non-hydrogen) atoms. The van der Waals surface area contributed by atoms with E-state index >= 15 is 0 Å². The smallest absolute Gasteiger partial charge is 0.155 e. The zero-order valence-corrected chi connectivity index (χ0v) is 28.2. The number of nitrogens with one attached hydrogen (secondary N) is 8. The van der Waals surface area contributed by atoms with Gasteiger partial charge < -0.3 is 0 Å². The van der Waals surface area contributed by atoms with Crippen molar-refractivity contribution in [2.45, 2.75) is 133 Å². The molecule has 0 spiro atoms. The second kappa shape index (κ2) is 11.8. The summed E-state index contributed by atoms with van der Waals surface area (Å²) in [5.74, 6) is 4.91. The second-order valence-electron chi connectivity index (χ2n) is 15.3. The molecule has 8 bridgehead atoms. The minimum atomic E-state index is 0. The molecule has 5 heterocycles. The maximum Gasteiger partial charge on any atom is 0.155 e. The normalized spacial score (nSPS) is 54.8. The van der Waals surface area contributed by atoms with Crippen LogP contribution in [-0.4, -0.2) is 55.1 Å². The first-order valence-electron chi connectivity index (χ1n) is 17.5. The molecule has 16 unspecified atom stereocenters. The van der Waals surface area contributed by atoms with Crippen molar-refractivity contribution in [2.75, 3.05) is 0 Å². The van der Waals surface area contributed by atoms with Crippen LogP contribution in [-0.2, 0) is 24.3 Å². The first kappa shape index (κ1) is 29.1. The maximum absolute atomic E-state index is 12.7. The van der Waals surface area contributed by atoms with Gasteiger partial charge >= 0.3 is 0 Å². The van der Waals surface area contributed by atoms with E-state index in [4.69, 9.17) is 0 Å². The Balaban J connectivity index is 0.00000267. The molecule has 8 fully saturated rings. The Morgan fingerprint density at radius 1 is 0.429 bits per heavy atom. The maximum atomic E-state index is 12.7. The summed E-state index contributed by atoms with van der Waals surface area (Å²) in [5, 5.41) is 33.0. The van der Waals surface area contributed by atoms with Gasteiger partial charge in [0.1, 0.15) is 0 Å². The summed E-state index contributed by atoms with van der Waals surface area (Å²) in [6.07, 6.45) is 23.0. The van der Waals surface area contributed by atoms with Crippen molar-refractivity contribution < 1.29 is 24.3 Å². The van der Waals surface area contributed by atoms with Gasteiger partial charge in [-0.3, -0.25) is 47.3 Å². The zero-order chi connectivity index (χ0) is 27.1. The summed E-state index contributed by atoms with van der Waals surface area (Å²) in [6, 6.07) is 0. The molecule has 10 heteroatoms. The molecule has 5 saturated heterocycles. The molecule has 8 N–H and O–H groups in total. The standard InChI is InChI=1S/C32H52N8O.Zn/c41-16-13-14-23-24(15-16)32-39-30-22-12-6-5-11-21(22)28(37-30)35-26-18-8-2-1-7-17(18)25(33-26)34-27-19-9-3-4-10-20(19)29(36-27)38-31(23)40-32;/h13-14,17-40H,1-12,15H2;. The van der Waals surface area contributed by atoms with Gasteiger partial charge in [0.2, 0.25) is 0 Å². The van der Waals surface area contributed by atoms with E-state index in [9.17, 15) is 4.79 Å². The van der Waals surface area contributed by atoms with Crippen LogP contribution < -0.4 is 42.5 Å². The van der Waals surface area contributed by atoms with E-state index in [-0.39, 0.29) is 49.7 Å². The number of hydrogen-bond acceptors (Lipinski definition) is 9. The van der Waals surface area contributed by atoms with Gasteiger partial charge in [0.05, 0.1) is 49.3 Å². The van der Waals surface area contributed by atoms with Crippen LogP contribution >= 0.6 is 0 Å². The topological polar surface area (TPSA) is 113 Å². The number of allylic oxidation sites excluding steroid dienone is 1. The predicted octanol–water partition coefficient (Wildman–Crippen LogP) is 1.56. The largest absolute Gasteiger partial charge is 0.295 e. The Labute approximate surface area is 264 Å². The van der Waals surface area contributed by atoms with Crippen LogP contribution in [0.3, 0.4) is 0 Å². The molecule has 9 aliphatic rings. The van der Waals surface area contributed by atoms with Crippen LogP contribution in [0.25, 0.3) is 0 Å². The quantitative estimate of drug-likeness (QED) is 0.189. The molecule has 9 rings (SSSR count). The van der Waals surface area contributed by atoms with Crippen LogP contribution in [0.4, 0.5) is 0 Å². The van der Waals surface area contributed by atoms with Crippen LogP contribution in [0, 0.1) is 47.3 Å². The number of hydrogen-bond donors (Lipinski definition) is 8. The minimum absolute atomic E-state index is 0. The van der Waals surface area contributed by atoms with E-state index in [1.54, 1.807) is 0 Å². The van der Waals surface area contributed by atoms with E-state index in [1.165, 1.54) is 77.0 Å². The molecule has 9 nitrogen and oxygen atoms in total. The molecule has 4 aliphatic carbocycles. The molecular formula is C32H52N8OZn. The fraction of sp³-hybridized carbons (Fsp3) is 0.906. The van der Waals surface area contributed by atoms with Crippen molar-refractivity contribution in [3.8, 4) is 0 Å². The van der Waals surface area contributed by atoms with Gasteiger partial charge in [-0.2, -0.15) is 0 Å². The van der Waals surface area contributed by atoms with Crippen molar-refractivity contribution in [3.63, 3.8) is 0 Å². The Morgan fingerprint density at radius 2 is 0.714 bits per heavy atom. The predicted molar refractivity (Wildman–Crippen MR) is 157 cm³/mol. The molecule has 3 saturated carbocycles. The summed E-state index contributed by atoms with van der Waals surface area (Å²) >= 11 is 0. The van der Waals surface area contributed by atoms with Gasteiger partial charge in [-0.25, -0.2) is 0 Å². The third-order valence-electron chi connectivity index (χ3n) is 13.3.